The number of anilines is 2. The van der Waals surface area contributed by atoms with E-state index in [2.05, 4.69) is 10.4 Å². The lowest BCUT2D eigenvalue weighted by molar-refractivity contribution is -0.119. The molecule has 1 aromatic heterocycles. The quantitative estimate of drug-likeness (QED) is 0.874. The van der Waals surface area contributed by atoms with Gasteiger partial charge in [-0.3, -0.25) is 9.48 Å². The van der Waals surface area contributed by atoms with E-state index in [0.29, 0.717) is 44.2 Å². The minimum absolute atomic E-state index is 0.154. The van der Waals surface area contributed by atoms with E-state index in [-0.39, 0.29) is 17.6 Å². The summed E-state index contributed by atoms with van der Waals surface area (Å²) in [6.07, 6.45) is 0. The molecule has 1 saturated heterocycles. The molecule has 1 aliphatic rings. The third kappa shape index (κ3) is 4.30. The van der Waals surface area contributed by atoms with Crippen LogP contribution in [0.15, 0.2) is 18.2 Å². The molecule has 1 aromatic carbocycles. The Morgan fingerprint density at radius 1 is 1.30 bits per heavy atom. The fourth-order valence-electron chi connectivity index (χ4n) is 3.22. The zero-order chi connectivity index (χ0) is 19.6. The number of rotatable bonds is 5. The Morgan fingerprint density at radius 2 is 2.00 bits per heavy atom. The summed E-state index contributed by atoms with van der Waals surface area (Å²) in [6, 6.07) is 4.83. The Morgan fingerprint density at radius 3 is 2.59 bits per heavy atom. The van der Waals surface area contributed by atoms with Crippen molar-refractivity contribution in [3.05, 3.63) is 41.0 Å². The SMILES string of the molecule is Cc1nn(C[C@H](C)C(=O)Nc2ccc(N3CCOCC3)c(F)c2)c(C)c1C. The first kappa shape index (κ1) is 19.4. The van der Waals surface area contributed by atoms with E-state index in [1.807, 2.05) is 37.3 Å². The first-order valence-corrected chi connectivity index (χ1v) is 9.30. The predicted octanol–water partition coefficient (Wildman–Crippen LogP) is 3.06. The fraction of sp³-hybridized carbons (Fsp3) is 0.500. The van der Waals surface area contributed by atoms with Crippen LogP contribution in [0.5, 0.6) is 0 Å². The van der Waals surface area contributed by atoms with Crippen molar-refractivity contribution >= 4 is 17.3 Å². The van der Waals surface area contributed by atoms with E-state index in [1.165, 1.54) is 6.07 Å². The number of halogens is 1. The van der Waals surface area contributed by atoms with Crippen LogP contribution in [-0.2, 0) is 16.1 Å². The average Bonchev–Trinajstić information content (AvgIpc) is 2.89. The molecule has 0 bridgehead atoms. The topological polar surface area (TPSA) is 59.4 Å². The van der Waals surface area contributed by atoms with Gasteiger partial charge in [0.1, 0.15) is 5.82 Å². The lowest BCUT2D eigenvalue weighted by Crippen LogP contribution is -2.36. The maximum Gasteiger partial charge on any atom is 0.229 e. The highest BCUT2D eigenvalue weighted by molar-refractivity contribution is 5.92. The van der Waals surface area contributed by atoms with Gasteiger partial charge in [-0.15, -0.1) is 0 Å². The van der Waals surface area contributed by atoms with Gasteiger partial charge in [0, 0.05) is 24.5 Å². The summed E-state index contributed by atoms with van der Waals surface area (Å²) in [5.41, 5.74) is 4.19. The Balaban J connectivity index is 1.64. The number of amides is 1. The summed E-state index contributed by atoms with van der Waals surface area (Å²) >= 11 is 0. The highest BCUT2D eigenvalue weighted by Gasteiger charge is 2.19. The van der Waals surface area contributed by atoms with Gasteiger partial charge < -0.3 is 15.0 Å². The van der Waals surface area contributed by atoms with Crippen LogP contribution >= 0.6 is 0 Å². The van der Waals surface area contributed by atoms with Gasteiger partial charge >= 0.3 is 0 Å². The van der Waals surface area contributed by atoms with Crippen LogP contribution in [-0.4, -0.2) is 42.0 Å². The lowest BCUT2D eigenvalue weighted by Gasteiger charge is -2.29. The summed E-state index contributed by atoms with van der Waals surface area (Å²) in [5, 5.41) is 7.29. The standard InChI is InChI=1S/C20H27FN4O2/c1-13(12-25-16(4)14(2)15(3)23-25)20(26)22-17-5-6-19(18(21)11-17)24-7-9-27-10-8-24/h5-6,11,13H,7-10,12H2,1-4H3,(H,22,26)/t13-/m0/s1. The third-order valence-corrected chi connectivity index (χ3v) is 5.20. The maximum absolute atomic E-state index is 14.5. The molecule has 1 amide bonds. The molecule has 6 nitrogen and oxygen atoms in total. The molecular formula is C20H27FN4O2. The van der Waals surface area contributed by atoms with Gasteiger partial charge in [0.15, 0.2) is 0 Å². The fourth-order valence-corrected chi connectivity index (χ4v) is 3.22. The zero-order valence-electron chi connectivity index (χ0n) is 16.4. The van der Waals surface area contributed by atoms with E-state index in [4.69, 9.17) is 4.74 Å². The van der Waals surface area contributed by atoms with Crippen LogP contribution in [0, 0.1) is 32.5 Å². The molecular weight excluding hydrogens is 347 g/mol. The van der Waals surface area contributed by atoms with E-state index in [0.717, 1.165) is 17.0 Å². The van der Waals surface area contributed by atoms with Gasteiger partial charge in [0.25, 0.3) is 0 Å². The summed E-state index contributed by atoms with van der Waals surface area (Å²) in [6.45, 7) is 10.9. The molecule has 2 aromatic rings. The highest BCUT2D eigenvalue weighted by atomic mass is 19.1. The molecule has 0 spiro atoms. The highest BCUT2D eigenvalue weighted by Crippen LogP contribution is 2.24. The Kier molecular flexibility index (Phi) is 5.79. The number of aromatic nitrogens is 2. The molecule has 3 rings (SSSR count). The molecule has 1 atom stereocenters. The van der Waals surface area contributed by atoms with Crippen LogP contribution in [0.4, 0.5) is 15.8 Å². The van der Waals surface area contributed by atoms with Crippen LogP contribution in [0.1, 0.15) is 23.9 Å². The predicted molar refractivity (Wildman–Crippen MR) is 104 cm³/mol. The number of nitrogens with one attached hydrogen (secondary N) is 1. The van der Waals surface area contributed by atoms with E-state index in [1.54, 1.807) is 12.1 Å². The first-order chi connectivity index (χ1) is 12.9. The normalized spacial score (nSPS) is 15.7. The van der Waals surface area contributed by atoms with Crippen molar-refractivity contribution in [1.82, 2.24) is 9.78 Å². The molecule has 2 heterocycles. The van der Waals surface area contributed by atoms with Crippen molar-refractivity contribution in [3.63, 3.8) is 0 Å². The Bertz CT molecular complexity index is 828. The zero-order valence-corrected chi connectivity index (χ0v) is 16.4. The van der Waals surface area contributed by atoms with E-state index >= 15 is 0 Å². The number of morpholine rings is 1. The number of carbonyl (C=O) groups excluding carboxylic acids is 1. The van der Waals surface area contributed by atoms with Crippen molar-refractivity contribution in [2.24, 2.45) is 5.92 Å². The van der Waals surface area contributed by atoms with Crippen LogP contribution in [0.3, 0.4) is 0 Å². The van der Waals surface area contributed by atoms with Crippen molar-refractivity contribution in [1.29, 1.82) is 0 Å². The molecule has 7 heteroatoms. The molecule has 1 N–H and O–H groups in total. The number of hydrogen-bond donors (Lipinski definition) is 1. The van der Waals surface area contributed by atoms with E-state index in [9.17, 15) is 9.18 Å². The van der Waals surface area contributed by atoms with Gasteiger partial charge in [0.05, 0.1) is 37.1 Å². The van der Waals surface area contributed by atoms with Gasteiger partial charge in [0.2, 0.25) is 5.91 Å². The van der Waals surface area contributed by atoms with Crippen molar-refractivity contribution in [2.45, 2.75) is 34.2 Å². The number of hydrogen-bond acceptors (Lipinski definition) is 4. The van der Waals surface area contributed by atoms with Gasteiger partial charge in [-0.05, 0) is 44.5 Å². The monoisotopic (exact) mass is 374 g/mol. The second-order valence-corrected chi connectivity index (χ2v) is 7.13. The molecule has 1 fully saturated rings. The molecule has 0 unspecified atom stereocenters. The molecule has 27 heavy (non-hydrogen) atoms. The van der Waals surface area contributed by atoms with Crippen molar-refractivity contribution < 1.29 is 13.9 Å². The molecule has 0 saturated carbocycles. The second kappa shape index (κ2) is 8.08. The minimum atomic E-state index is -0.337. The van der Waals surface area contributed by atoms with Gasteiger partial charge in [-0.2, -0.15) is 5.10 Å². The van der Waals surface area contributed by atoms with Crippen LogP contribution < -0.4 is 10.2 Å². The molecule has 1 aliphatic heterocycles. The number of ether oxygens (including phenoxy) is 1. The smallest absolute Gasteiger partial charge is 0.229 e. The summed E-state index contributed by atoms with van der Waals surface area (Å²) in [4.78, 5) is 14.5. The molecule has 0 aliphatic carbocycles. The Labute approximate surface area is 159 Å². The van der Waals surface area contributed by atoms with Gasteiger partial charge in [-0.1, -0.05) is 6.92 Å². The van der Waals surface area contributed by atoms with Crippen LogP contribution in [0.25, 0.3) is 0 Å². The average molecular weight is 374 g/mol. The number of nitrogens with zero attached hydrogens (tertiary/aromatic N) is 3. The summed E-state index contributed by atoms with van der Waals surface area (Å²) in [5.74, 6) is -0.778. The Hall–Kier alpha value is -2.41. The summed E-state index contributed by atoms with van der Waals surface area (Å²) < 4.78 is 21.6. The van der Waals surface area contributed by atoms with E-state index < -0.39 is 0 Å². The van der Waals surface area contributed by atoms with Gasteiger partial charge in [-0.25, -0.2) is 4.39 Å². The third-order valence-electron chi connectivity index (χ3n) is 5.20. The largest absolute Gasteiger partial charge is 0.378 e. The van der Waals surface area contributed by atoms with Crippen molar-refractivity contribution in [2.75, 3.05) is 36.5 Å². The maximum atomic E-state index is 14.5. The minimum Gasteiger partial charge on any atom is -0.378 e. The first-order valence-electron chi connectivity index (χ1n) is 9.30. The van der Waals surface area contributed by atoms with Crippen molar-refractivity contribution in [3.8, 4) is 0 Å². The number of aryl methyl sites for hydroxylation is 1. The molecule has 0 radical (unpaired) electrons. The lowest BCUT2D eigenvalue weighted by atomic mass is 10.1. The molecule has 146 valence electrons. The van der Waals surface area contributed by atoms with Crippen LogP contribution in [0.2, 0.25) is 0 Å². The number of carbonyl (C=O) groups is 1. The number of benzene rings is 1. The second-order valence-electron chi connectivity index (χ2n) is 7.13. The summed E-state index contributed by atoms with van der Waals surface area (Å²) in [7, 11) is 0.